The minimum absolute atomic E-state index is 0.0640. The standard InChI is InChI=1S/C10H21N3O/c1-7(2)13-5-8(6-13)12-9(14)10(3,4)11/h7-8H,5-6,11H2,1-4H3,(H,12,14). The van der Waals surface area contributed by atoms with Crippen molar-refractivity contribution in [3.05, 3.63) is 0 Å². The average Bonchev–Trinajstić information content (AvgIpc) is 1.92. The molecule has 0 radical (unpaired) electrons. The Kier molecular flexibility index (Phi) is 3.17. The van der Waals surface area contributed by atoms with Crippen LogP contribution in [-0.4, -0.2) is 41.5 Å². The minimum Gasteiger partial charge on any atom is -0.349 e. The summed E-state index contributed by atoms with van der Waals surface area (Å²) in [5, 5.41) is 2.94. The van der Waals surface area contributed by atoms with Crippen LogP contribution in [0.1, 0.15) is 27.7 Å². The van der Waals surface area contributed by atoms with Crippen LogP contribution in [0.25, 0.3) is 0 Å². The van der Waals surface area contributed by atoms with Gasteiger partial charge in [0.2, 0.25) is 5.91 Å². The van der Waals surface area contributed by atoms with E-state index in [0.29, 0.717) is 6.04 Å². The first-order chi connectivity index (χ1) is 6.30. The van der Waals surface area contributed by atoms with Gasteiger partial charge in [-0.3, -0.25) is 9.69 Å². The number of carbonyl (C=O) groups excluding carboxylic acids is 1. The van der Waals surface area contributed by atoms with E-state index >= 15 is 0 Å². The van der Waals surface area contributed by atoms with Gasteiger partial charge in [0.25, 0.3) is 0 Å². The molecule has 0 aromatic carbocycles. The molecule has 0 aliphatic carbocycles. The molecule has 0 saturated carbocycles. The van der Waals surface area contributed by atoms with Gasteiger partial charge in [-0.05, 0) is 27.7 Å². The van der Waals surface area contributed by atoms with Gasteiger partial charge in [-0.15, -0.1) is 0 Å². The highest BCUT2D eigenvalue weighted by Gasteiger charge is 2.32. The van der Waals surface area contributed by atoms with Crippen molar-refractivity contribution in [1.29, 1.82) is 0 Å². The molecule has 0 aromatic heterocycles. The van der Waals surface area contributed by atoms with Crippen LogP contribution in [0.5, 0.6) is 0 Å². The first kappa shape index (κ1) is 11.5. The molecule has 82 valence electrons. The van der Waals surface area contributed by atoms with Crippen molar-refractivity contribution < 1.29 is 4.79 Å². The van der Waals surface area contributed by atoms with Crippen molar-refractivity contribution in [3.63, 3.8) is 0 Å². The van der Waals surface area contributed by atoms with Crippen LogP contribution in [0.3, 0.4) is 0 Å². The van der Waals surface area contributed by atoms with Crippen molar-refractivity contribution in [1.82, 2.24) is 10.2 Å². The number of hydrogen-bond acceptors (Lipinski definition) is 3. The van der Waals surface area contributed by atoms with E-state index in [9.17, 15) is 4.79 Å². The number of likely N-dealkylation sites (tertiary alicyclic amines) is 1. The first-order valence-corrected chi connectivity index (χ1v) is 5.14. The van der Waals surface area contributed by atoms with E-state index in [4.69, 9.17) is 5.73 Å². The summed E-state index contributed by atoms with van der Waals surface area (Å²) >= 11 is 0. The lowest BCUT2D eigenvalue weighted by atomic mass is 10.0. The number of carbonyl (C=O) groups is 1. The molecule has 1 aliphatic heterocycles. The molecule has 1 rings (SSSR count). The van der Waals surface area contributed by atoms with Gasteiger partial charge in [0.05, 0.1) is 11.6 Å². The number of rotatable bonds is 3. The number of hydrogen-bond donors (Lipinski definition) is 2. The Labute approximate surface area is 85.8 Å². The second-order valence-corrected chi connectivity index (χ2v) is 4.94. The smallest absolute Gasteiger partial charge is 0.239 e. The highest BCUT2D eigenvalue weighted by atomic mass is 16.2. The average molecular weight is 199 g/mol. The number of amides is 1. The lowest BCUT2D eigenvalue weighted by Gasteiger charge is -2.43. The van der Waals surface area contributed by atoms with Crippen LogP contribution in [-0.2, 0) is 4.79 Å². The van der Waals surface area contributed by atoms with Crippen LogP contribution in [0.4, 0.5) is 0 Å². The maximum Gasteiger partial charge on any atom is 0.239 e. The predicted octanol–water partition coefficient (Wildman–Crippen LogP) is -0.0675. The van der Waals surface area contributed by atoms with E-state index in [-0.39, 0.29) is 11.9 Å². The fraction of sp³-hybridized carbons (Fsp3) is 0.900. The highest BCUT2D eigenvalue weighted by Crippen LogP contribution is 2.12. The van der Waals surface area contributed by atoms with E-state index in [1.165, 1.54) is 0 Å². The summed E-state index contributed by atoms with van der Waals surface area (Å²) in [5.74, 6) is -0.0640. The summed E-state index contributed by atoms with van der Waals surface area (Å²) in [6.07, 6.45) is 0. The normalized spacial score (nSPS) is 19.6. The zero-order chi connectivity index (χ0) is 10.9. The quantitative estimate of drug-likeness (QED) is 0.669. The molecular formula is C10H21N3O. The van der Waals surface area contributed by atoms with Gasteiger partial charge in [-0.2, -0.15) is 0 Å². The Morgan fingerprint density at radius 1 is 1.50 bits per heavy atom. The van der Waals surface area contributed by atoms with E-state index in [1.807, 2.05) is 0 Å². The number of nitrogens with zero attached hydrogens (tertiary/aromatic N) is 1. The maximum absolute atomic E-state index is 11.5. The summed E-state index contributed by atoms with van der Waals surface area (Å²) < 4.78 is 0. The minimum atomic E-state index is -0.766. The Morgan fingerprint density at radius 2 is 2.00 bits per heavy atom. The molecule has 1 fully saturated rings. The van der Waals surface area contributed by atoms with Crippen molar-refractivity contribution >= 4 is 5.91 Å². The van der Waals surface area contributed by atoms with Gasteiger partial charge in [-0.25, -0.2) is 0 Å². The summed E-state index contributed by atoms with van der Waals surface area (Å²) in [6, 6.07) is 0.849. The highest BCUT2D eigenvalue weighted by molar-refractivity contribution is 5.85. The summed E-state index contributed by atoms with van der Waals surface area (Å²) in [6.45, 7) is 9.65. The van der Waals surface area contributed by atoms with Gasteiger partial charge in [0, 0.05) is 19.1 Å². The molecule has 1 aliphatic rings. The molecule has 0 atom stereocenters. The van der Waals surface area contributed by atoms with Crippen molar-refractivity contribution in [2.24, 2.45) is 5.73 Å². The molecule has 4 nitrogen and oxygen atoms in total. The molecule has 14 heavy (non-hydrogen) atoms. The van der Waals surface area contributed by atoms with E-state index in [2.05, 4.69) is 24.1 Å². The van der Waals surface area contributed by atoms with E-state index < -0.39 is 5.54 Å². The zero-order valence-corrected chi connectivity index (χ0v) is 9.50. The van der Waals surface area contributed by atoms with Crippen LogP contribution in [0.2, 0.25) is 0 Å². The second kappa shape index (κ2) is 3.87. The van der Waals surface area contributed by atoms with Crippen LogP contribution in [0, 0.1) is 0 Å². The summed E-state index contributed by atoms with van der Waals surface area (Å²) in [7, 11) is 0. The molecule has 1 amide bonds. The Balaban J connectivity index is 2.27. The Bertz CT molecular complexity index is 214. The van der Waals surface area contributed by atoms with Gasteiger partial charge >= 0.3 is 0 Å². The van der Waals surface area contributed by atoms with Crippen LogP contribution in [0.15, 0.2) is 0 Å². The monoisotopic (exact) mass is 199 g/mol. The fourth-order valence-corrected chi connectivity index (χ4v) is 1.40. The van der Waals surface area contributed by atoms with Gasteiger partial charge < -0.3 is 11.1 Å². The predicted molar refractivity (Wildman–Crippen MR) is 56.9 cm³/mol. The number of nitrogens with one attached hydrogen (secondary N) is 1. The van der Waals surface area contributed by atoms with Crippen molar-refractivity contribution in [2.45, 2.75) is 45.3 Å². The topological polar surface area (TPSA) is 58.4 Å². The first-order valence-electron chi connectivity index (χ1n) is 5.14. The lowest BCUT2D eigenvalue weighted by molar-refractivity contribution is -0.127. The van der Waals surface area contributed by atoms with E-state index in [1.54, 1.807) is 13.8 Å². The molecule has 0 bridgehead atoms. The van der Waals surface area contributed by atoms with E-state index in [0.717, 1.165) is 13.1 Å². The largest absolute Gasteiger partial charge is 0.349 e. The van der Waals surface area contributed by atoms with Crippen LogP contribution >= 0.6 is 0 Å². The van der Waals surface area contributed by atoms with Gasteiger partial charge in [0.15, 0.2) is 0 Å². The third-order valence-electron chi connectivity index (χ3n) is 2.56. The SMILES string of the molecule is CC(C)N1CC(NC(=O)C(C)(C)N)C1. The molecule has 0 aromatic rings. The van der Waals surface area contributed by atoms with Gasteiger partial charge in [-0.1, -0.05) is 0 Å². The third kappa shape index (κ3) is 2.69. The Hall–Kier alpha value is -0.610. The lowest BCUT2D eigenvalue weighted by Crippen LogP contribution is -2.64. The van der Waals surface area contributed by atoms with Crippen molar-refractivity contribution in [2.75, 3.05) is 13.1 Å². The molecule has 3 N–H and O–H groups in total. The Morgan fingerprint density at radius 3 is 2.36 bits per heavy atom. The molecule has 4 heteroatoms. The molecule has 0 spiro atoms. The van der Waals surface area contributed by atoms with Crippen LogP contribution < -0.4 is 11.1 Å². The summed E-state index contributed by atoms with van der Waals surface area (Å²) in [5.41, 5.74) is 4.91. The molecule has 1 heterocycles. The molecule has 0 unspecified atom stereocenters. The maximum atomic E-state index is 11.5. The zero-order valence-electron chi connectivity index (χ0n) is 9.50. The third-order valence-corrected chi connectivity index (χ3v) is 2.56. The van der Waals surface area contributed by atoms with Gasteiger partial charge in [0.1, 0.15) is 0 Å². The second-order valence-electron chi connectivity index (χ2n) is 4.94. The molecular weight excluding hydrogens is 178 g/mol. The van der Waals surface area contributed by atoms with Crippen molar-refractivity contribution in [3.8, 4) is 0 Å². The molecule has 1 saturated heterocycles. The summed E-state index contributed by atoms with van der Waals surface area (Å²) in [4.78, 5) is 13.8. The number of nitrogens with two attached hydrogens (primary N) is 1. The fourth-order valence-electron chi connectivity index (χ4n) is 1.40.